The van der Waals surface area contributed by atoms with Gasteiger partial charge in [-0.3, -0.25) is 4.68 Å². The van der Waals surface area contributed by atoms with Crippen molar-refractivity contribution >= 4 is 5.97 Å². The van der Waals surface area contributed by atoms with Crippen LogP contribution in [0.3, 0.4) is 0 Å². The molecule has 0 saturated carbocycles. The summed E-state index contributed by atoms with van der Waals surface area (Å²) in [6.45, 7) is 7.68. The SMILES string of the molecule is Cc1nn([C@@H](C)CC(=O)[O-])c(C)c1C. The van der Waals surface area contributed by atoms with Crippen molar-refractivity contribution in [3.05, 3.63) is 17.0 Å². The van der Waals surface area contributed by atoms with E-state index in [9.17, 15) is 9.90 Å². The van der Waals surface area contributed by atoms with E-state index in [1.54, 1.807) is 4.68 Å². The number of carboxylic acid groups (broad SMARTS) is 1. The minimum atomic E-state index is -1.04. The maximum atomic E-state index is 10.4. The Kier molecular flexibility index (Phi) is 2.93. The van der Waals surface area contributed by atoms with Crippen molar-refractivity contribution < 1.29 is 9.90 Å². The molecular weight excluding hydrogens is 180 g/mol. The first kappa shape index (κ1) is 10.8. The molecule has 0 aliphatic heterocycles. The molecule has 1 rings (SSSR count). The van der Waals surface area contributed by atoms with Gasteiger partial charge in [-0.1, -0.05) is 0 Å². The molecule has 0 aliphatic carbocycles. The molecule has 0 fully saturated rings. The fraction of sp³-hybridized carbons (Fsp3) is 0.600. The second-order valence-corrected chi connectivity index (χ2v) is 3.67. The maximum Gasteiger partial charge on any atom is 0.0625 e. The lowest BCUT2D eigenvalue weighted by Gasteiger charge is -2.14. The highest BCUT2D eigenvalue weighted by molar-refractivity contribution is 5.64. The van der Waals surface area contributed by atoms with Crippen LogP contribution in [0.25, 0.3) is 0 Å². The van der Waals surface area contributed by atoms with E-state index < -0.39 is 5.97 Å². The van der Waals surface area contributed by atoms with Gasteiger partial charge >= 0.3 is 0 Å². The van der Waals surface area contributed by atoms with Crippen LogP contribution in [-0.4, -0.2) is 15.7 Å². The Morgan fingerprint density at radius 3 is 2.43 bits per heavy atom. The van der Waals surface area contributed by atoms with Gasteiger partial charge < -0.3 is 9.90 Å². The van der Waals surface area contributed by atoms with E-state index in [0.717, 1.165) is 17.0 Å². The van der Waals surface area contributed by atoms with E-state index in [4.69, 9.17) is 0 Å². The second kappa shape index (κ2) is 3.82. The topological polar surface area (TPSA) is 58.0 Å². The number of nitrogens with zero attached hydrogens (tertiary/aromatic N) is 2. The Labute approximate surface area is 83.5 Å². The average molecular weight is 195 g/mol. The third-order valence-electron chi connectivity index (χ3n) is 2.57. The van der Waals surface area contributed by atoms with Crippen LogP contribution in [-0.2, 0) is 4.79 Å². The first-order valence-electron chi connectivity index (χ1n) is 4.65. The molecule has 78 valence electrons. The van der Waals surface area contributed by atoms with Gasteiger partial charge in [-0.05, 0) is 33.3 Å². The molecule has 4 heteroatoms. The lowest BCUT2D eigenvalue weighted by atomic mass is 10.2. The molecule has 1 aromatic rings. The number of aryl methyl sites for hydroxylation is 1. The van der Waals surface area contributed by atoms with Gasteiger partial charge in [-0.15, -0.1) is 0 Å². The summed E-state index contributed by atoms with van der Waals surface area (Å²) in [6.07, 6.45) is 0.00139. The summed E-state index contributed by atoms with van der Waals surface area (Å²) < 4.78 is 1.75. The summed E-state index contributed by atoms with van der Waals surface area (Å²) in [4.78, 5) is 10.4. The number of carboxylic acids is 1. The summed E-state index contributed by atoms with van der Waals surface area (Å²) in [6, 6.07) is -0.146. The van der Waals surface area contributed by atoms with Crippen molar-refractivity contribution in [2.75, 3.05) is 0 Å². The van der Waals surface area contributed by atoms with E-state index in [2.05, 4.69) is 5.10 Å². The zero-order valence-electron chi connectivity index (χ0n) is 9.00. The molecular formula is C10H15N2O2-. The smallest absolute Gasteiger partial charge is 0.0625 e. The molecule has 1 aromatic heterocycles. The van der Waals surface area contributed by atoms with Gasteiger partial charge in [0, 0.05) is 18.1 Å². The highest BCUT2D eigenvalue weighted by Crippen LogP contribution is 2.17. The molecule has 0 aromatic carbocycles. The second-order valence-electron chi connectivity index (χ2n) is 3.67. The molecule has 0 radical (unpaired) electrons. The zero-order valence-corrected chi connectivity index (χ0v) is 9.00. The molecule has 0 saturated heterocycles. The highest BCUT2D eigenvalue weighted by Gasteiger charge is 2.12. The van der Waals surface area contributed by atoms with Crippen molar-refractivity contribution in [3.63, 3.8) is 0 Å². The van der Waals surface area contributed by atoms with Crippen molar-refractivity contribution in [2.24, 2.45) is 0 Å². The van der Waals surface area contributed by atoms with Crippen LogP contribution in [0, 0.1) is 20.8 Å². The molecule has 0 N–H and O–H groups in total. The van der Waals surface area contributed by atoms with E-state index in [0.29, 0.717) is 0 Å². The van der Waals surface area contributed by atoms with Crippen LogP contribution in [0.15, 0.2) is 0 Å². The molecule has 0 spiro atoms. The number of hydrogen-bond acceptors (Lipinski definition) is 3. The molecule has 0 bridgehead atoms. The lowest BCUT2D eigenvalue weighted by Crippen LogP contribution is -2.26. The molecule has 1 atom stereocenters. The number of hydrogen-bond donors (Lipinski definition) is 0. The van der Waals surface area contributed by atoms with Gasteiger partial charge in [0.1, 0.15) is 0 Å². The van der Waals surface area contributed by atoms with Crippen LogP contribution < -0.4 is 5.11 Å². The van der Waals surface area contributed by atoms with Crippen LogP contribution in [0.4, 0.5) is 0 Å². The van der Waals surface area contributed by atoms with Crippen LogP contribution in [0.1, 0.15) is 36.3 Å². The third-order valence-corrected chi connectivity index (χ3v) is 2.57. The van der Waals surface area contributed by atoms with Gasteiger partial charge in [0.05, 0.1) is 11.7 Å². The monoisotopic (exact) mass is 195 g/mol. The Hall–Kier alpha value is -1.32. The standard InChI is InChI=1S/C10H16N2O2/c1-6(5-10(13)14)12-9(4)7(2)8(3)11-12/h6H,5H2,1-4H3,(H,13,14)/p-1/t6-/m0/s1. The van der Waals surface area contributed by atoms with Crippen LogP contribution in [0.5, 0.6) is 0 Å². The molecule has 0 aliphatic rings. The minimum Gasteiger partial charge on any atom is -0.550 e. The molecule has 0 amide bonds. The number of carbonyl (C=O) groups excluding carboxylic acids is 1. The molecule has 0 unspecified atom stereocenters. The third kappa shape index (κ3) is 1.95. The number of aromatic nitrogens is 2. The zero-order chi connectivity index (χ0) is 10.9. The van der Waals surface area contributed by atoms with E-state index >= 15 is 0 Å². The Balaban J connectivity index is 2.95. The Bertz CT molecular complexity index is 355. The van der Waals surface area contributed by atoms with E-state index in [-0.39, 0.29) is 12.5 Å². The number of rotatable bonds is 3. The van der Waals surface area contributed by atoms with E-state index in [1.165, 1.54) is 0 Å². The lowest BCUT2D eigenvalue weighted by molar-refractivity contribution is -0.306. The van der Waals surface area contributed by atoms with Crippen molar-refractivity contribution in [1.82, 2.24) is 9.78 Å². The van der Waals surface area contributed by atoms with Crippen molar-refractivity contribution in [1.29, 1.82) is 0 Å². The summed E-state index contributed by atoms with van der Waals surface area (Å²) in [5, 5.41) is 14.7. The predicted molar refractivity (Wildman–Crippen MR) is 50.8 cm³/mol. The first-order valence-corrected chi connectivity index (χ1v) is 4.65. The predicted octanol–water partition coefficient (Wildman–Crippen LogP) is 0.509. The number of aliphatic carboxylic acids is 1. The van der Waals surface area contributed by atoms with Crippen molar-refractivity contribution in [2.45, 2.75) is 40.2 Å². The quantitative estimate of drug-likeness (QED) is 0.706. The fourth-order valence-electron chi connectivity index (χ4n) is 1.50. The normalized spacial score (nSPS) is 12.9. The molecule has 4 nitrogen and oxygen atoms in total. The van der Waals surface area contributed by atoms with Gasteiger partial charge in [0.2, 0.25) is 0 Å². The van der Waals surface area contributed by atoms with Crippen LogP contribution >= 0.6 is 0 Å². The highest BCUT2D eigenvalue weighted by atomic mass is 16.4. The molecule has 1 heterocycles. The van der Waals surface area contributed by atoms with Gasteiger partial charge in [0.15, 0.2) is 0 Å². The van der Waals surface area contributed by atoms with E-state index in [1.807, 2.05) is 27.7 Å². The van der Waals surface area contributed by atoms with Gasteiger partial charge in [-0.2, -0.15) is 5.10 Å². The summed E-state index contributed by atoms with van der Waals surface area (Å²) in [7, 11) is 0. The minimum absolute atomic E-state index is 0.00139. The fourth-order valence-corrected chi connectivity index (χ4v) is 1.50. The Morgan fingerprint density at radius 1 is 1.50 bits per heavy atom. The molecule has 14 heavy (non-hydrogen) atoms. The summed E-state index contributed by atoms with van der Waals surface area (Å²) in [5.41, 5.74) is 3.10. The van der Waals surface area contributed by atoms with Crippen LogP contribution in [0.2, 0.25) is 0 Å². The summed E-state index contributed by atoms with van der Waals surface area (Å²) >= 11 is 0. The van der Waals surface area contributed by atoms with Gasteiger partial charge in [-0.25, -0.2) is 0 Å². The maximum absolute atomic E-state index is 10.4. The average Bonchev–Trinajstić information content (AvgIpc) is 2.32. The summed E-state index contributed by atoms with van der Waals surface area (Å²) in [5.74, 6) is -1.04. The first-order chi connectivity index (χ1) is 6.43. The number of carbonyl (C=O) groups is 1. The largest absolute Gasteiger partial charge is 0.550 e. The Morgan fingerprint density at radius 2 is 2.07 bits per heavy atom. The van der Waals surface area contributed by atoms with Crippen molar-refractivity contribution in [3.8, 4) is 0 Å². The van der Waals surface area contributed by atoms with Gasteiger partial charge in [0.25, 0.3) is 0 Å².